The van der Waals surface area contributed by atoms with Crippen LogP contribution in [0.15, 0.2) is 23.2 Å². The molecule has 0 spiro atoms. The molecule has 0 saturated heterocycles. The average molecular weight is 370 g/mol. The van der Waals surface area contributed by atoms with Gasteiger partial charge in [0.2, 0.25) is 6.79 Å². The van der Waals surface area contributed by atoms with E-state index in [0.29, 0.717) is 19.1 Å². The summed E-state index contributed by atoms with van der Waals surface area (Å²) in [6.07, 6.45) is 4.92. The number of nitrogens with one attached hydrogen (secondary N) is 2. The largest absolute Gasteiger partial charge is 0.454 e. The number of aliphatic imine (C=N–C) groups is 1. The van der Waals surface area contributed by atoms with Gasteiger partial charge in [-0.05, 0) is 37.5 Å². The molecule has 1 aliphatic carbocycles. The van der Waals surface area contributed by atoms with Crippen molar-refractivity contribution >= 4 is 5.96 Å². The lowest BCUT2D eigenvalue weighted by molar-refractivity contribution is 0.174. The molecule has 2 aliphatic rings. The first-order chi connectivity index (χ1) is 13.2. The number of aryl methyl sites for hydroxylation is 1. The van der Waals surface area contributed by atoms with E-state index in [1.54, 1.807) is 0 Å². The van der Waals surface area contributed by atoms with Gasteiger partial charge >= 0.3 is 0 Å². The maximum absolute atomic E-state index is 5.45. The van der Waals surface area contributed by atoms with Crippen molar-refractivity contribution in [2.75, 3.05) is 6.79 Å². The van der Waals surface area contributed by atoms with E-state index in [2.05, 4.69) is 20.8 Å². The highest BCUT2D eigenvalue weighted by atomic mass is 16.7. The minimum absolute atomic E-state index is 0.287. The highest BCUT2D eigenvalue weighted by Crippen LogP contribution is 2.32. The average Bonchev–Trinajstić information content (AvgIpc) is 3.41. The SMILES string of the molecule is Cc1nnc(CNC(=NCc2ccc3c(c2)OCO3)NC2CCCC2)n1C. The zero-order valence-electron chi connectivity index (χ0n) is 15.9. The van der Waals surface area contributed by atoms with Crippen LogP contribution in [0.4, 0.5) is 0 Å². The Labute approximate surface area is 159 Å². The summed E-state index contributed by atoms with van der Waals surface area (Å²) >= 11 is 0. The number of fused-ring (bicyclic) bond motifs is 1. The number of rotatable bonds is 5. The molecule has 8 heteroatoms. The van der Waals surface area contributed by atoms with Gasteiger partial charge in [-0.3, -0.25) is 0 Å². The smallest absolute Gasteiger partial charge is 0.231 e. The molecule has 0 bridgehead atoms. The molecule has 0 atom stereocenters. The molecule has 1 aromatic heterocycles. The highest BCUT2D eigenvalue weighted by molar-refractivity contribution is 5.80. The summed E-state index contributed by atoms with van der Waals surface area (Å²) in [4.78, 5) is 4.78. The minimum atomic E-state index is 0.287. The Morgan fingerprint density at radius 1 is 1.22 bits per heavy atom. The fourth-order valence-electron chi connectivity index (χ4n) is 3.39. The zero-order valence-corrected chi connectivity index (χ0v) is 15.9. The molecule has 27 heavy (non-hydrogen) atoms. The minimum Gasteiger partial charge on any atom is -0.454 e. The Hall–Kier alpha value is -2.77. The molecule has 8 nitrogen and oxygen atoms in total. The third kappa shape index (κ3) is 4.15. The van der Waals surface area contributed by atoms with Crippen molar-refractivity contribution in [1.82, 2.24) is 25.4 Å². The van der Waals surface area contributed by atoms with Gasteiger partial charge in [0.1, 0.15) is 5.82 Å². The second-order valence-corrected chi connectivity index (χ2v) is 7.05. The lowest BCUT2D eigenvalue weighted by Crippen LogP contribution is -2.42. The predicted molar refractivity (Wildman–Crippen MR) is 102 cm³/mol. The second kappa shape index (κ2) is 7.85. The van der Waals surface area contributed by atoms with Gasteiger partial charge in [0.25, 0.3) is 0 Å². The molecule has 0 amide bonds. The van der Waals surface area contributed by atoms with Gasteiger partial charge in [-0.1, -0.05) is 18.9 Å². The number of nitrogens with zero attached hydrogens (tertiary/aromatic N) is 4. The van der Waals surface area contributed by atoms with Crippen LogP contribution >= 0.6 is 0 Å². The van der Waals surface area contributed by atoms with Crippen molar-refractivity contribution in [2.24, 2.45) is 12.0 Å². The Bertz CT molecular complexity index is 826. The van der Waals surface area contributed by atoms with Gasteiger partial charge in [-0.15, -0.1) is 10.2 Å². The molecule has 2 N–H and O–H groups in total. The summed E-state index contributed by atoms with van der Waals surface area (Å²) in [5.74, 6) is 4.17. The van der Waals surface area contributed by atoms with Crippen molar-refractivity contribution in [3.8, 4) is 11.5 Å². The Kier molecular flexibility index (Phi) is 5.13. The number of ether oxygens (including phenoxy) is 2. The van der Waals surface area contributed by atoms with E-state index in [9.17, 15) is 0 Å². The number of hydrogen-bond acceptors (Lipinski definition) is 5. The molecule has 2 heterocycles. The van der Waals surface area contributed by atoms with Crippen LogP contribution in [0.25, 0.3) is 0 Å². The third-order valence-electron chi connectivity index (χ3n) is 5.15. The van der Waals surface area contributed by atoms with E-state index >= 15 is 0 Å². The summed E-state index contributed by atoms with van der Waals surface area (Å²) in [7, 11) is 1.97. The topological polar surface area (TPSA) is 85.6 Å². The fraction of sp³-hybridized carbons (Fsp3) is 0.526. The molecule has 1 fully saturated rings. The first-order valence-electron chi connectivity index (χ1n) is 9.47. The van der Waals surface area contributed by atoms with Crippen LogP contribution in [0.2, 0.25) is 0 Å². The summed E-state index contributed by atoms with van der Waals surface area (Å²) < 4.78 is 12.8. The van der Waals surface area contributed by atoms with Crippen LogP contribution < -0.4 is 20.1 Å². The van der Waals surface area contributed by atoms with Crippen molar-refractivity contribution < 1.29 is 9.47 Å². The van der Waals surface area contributed by atoms with E-state index in [1.165, 1.54) is 25.7 Å². The van der Waals surface area contributed by atoms with Gasteiger partial charge in [-0.2, -0.15) is 0 Å². The van der Waals surface area contributed by atoms with Gasteiger partial charge < -0.3 is 24.7 Å². The first kappa shape index (κ1) is 17.6. The Balaban J connectivity index is 1.44. The second-order valence-electron chi connectivity index (χ2n) is 7.05. The van der Waals surface area contributed by atoms with E-state index < -0.39 is 0 Å². The quantitative estimate of drug-likeness (QED) is 0.619. The third-order valence-corrected chi connectivity index (χ3v) is 5.15. The van der Waals surface area contributed by atoms with Gasteiger partial charge in [0.05, 0.1) is 13.1 Å². The molecular formula is C19H26N6O2. The lowest BCUT2D eigenvalue weighted by atomic mass is 10.2. The van der Waals surface area contributed by atoms with Crippen LogP contribution in [0, 0.1) is 6.92 Å². The molecule has 4 rings (SSSR count). The molecule has 1 aliphatic heterocycles. The Morgan fingerprint density at radius 3 is 2.81 bits per heavy atom. The lowest BCUT2D eigenvalue weighted by Gasteiger charge is -2.17. The summed E-state index contributed by atoms with van der Waals surface area (Å²) in [6, 6.07) is 6.43. The number of hydrogen-bond donors (Lipinski definition) is 2. The van der Waals surface area contributed by atoms with Gasteiger partial charge in [-0.25, -0.2) is 4.99 Å². The fourth-order valence-corrected chi connectivity index (χ4v) is 3.39. The van der Waals surface area contributed by atoms with Crippen molar-refractivity contribution in [2.45, 2.75) is 51.7 Å². The van der Waals surface area contributed by atoms with E-state index in [-0.39, 0.29) is 6.79 Å². The first-order valence-corrected chi connectivity index (χ1v) is 9.47. The molecule has 1 aromatic carbocycles. The number of benzene rings is 1. The molecule has 0 unspecified atom stereocenters. The summed E-state index contributed by atoms with van der Waals surface area (Å²) in [6.45, 7) is 3.38. The summed E-state index contributed by atoms with van der Waals surface area (Å²) in [5.41, 5.74) is 1.08. The van der Waals surface area contributed by atoms with Crippen molar-refractivity contribution in [3.05, 3.63) is 35.4 Å². The molecule has 144 valence electrons. The Morgan fingerprint density at radius 2 is 2.04 bits per heavy atom. The normalized spacial score (nSPS) is 16.7. The predicted octanol–water partition coefficient (Wildman–Crippen LogP) is 2.03. The number of guanidine groups is 1. The van der Waals surface area contributed by atoms with Crippen LogP contribution in [0.1, 0.15) is 42.9 Å². The van der Waals surface area contributed by atoms with Crippen LogP contribution in [-0.4, -0.2) is 33.6 Å². The van der Waals surface area contributed by atoms with Crippen molar-refractivity contribution in [1.29, 1.82) is 0 Å². The van der Waals surface area contributed by atoms with Crippen LogP contribution in [0.3, 0.4) is 0 Å². The van der Waals surface area contributed by atoms with Crippen LogP contribution in [-0.2, 0) is 20.1 Å². The van der Waals surface area contributed by atoms with Gasteiger partial charge in [0.15, 0.2) is 23.3 Å². The van der Waals surface area contributed by atoms with E-state index in [0.717, 1.165) is 34.7 Å². The molecular weight excluding hydrogens is 344 g/mol. The summed E-state index contributed by atoms with van der Waals surface area (Å²) in [5, 5.41) is 15.3. The van der Waals surface area contributed by atoms with E-state index in [4.69, 9.17) is 14.5 Å². The monoisotopic (exact) mass is 370 g/mol. The standard InChI is InChI=1S/C19H26N6O2/c1-13-23-24-18(25(13)2)11-21-19(22-15-5-3-4-6-15)20-10-14-7-8-16-17(9-14)27-12-26-16/h7-9,15H,3-6,10-12H2,1-2H3,(H2,20,21,22). The maximum atomic E-state index is 5.45. The van der Waals surface area contributed by atoms with Crippen LogP contribution in [0.5, 0.6) is 11.5 Å². The molecule has 2 aromatic rings. The zero-order chi connectivity index (χ0) is 18.6. The molecule has 0 radical (unpaired) electrons. The van der Waals surface area contributed by atoms with E-state index in [1.807, 2.05) is 36.7 Å². The highest BCUT2D eigenvalue weighted by Gasteiger charge is 2.17. The number of aromatic nitrogens is 3. The van der Waals surface area contributed by atoms with Crippen molar-refractivity contribution in [3.63, 3.8) is 0 Å². The van der Waals surface area contributed by atoms with Gasteiger partial charge in [0, 0.05) is 13.1 Å². The molecule has 1 saturated carbocycles. The maximum Gasteiger partial charge on any atom is 0.231 e.